The van der Waals surface area contributed by atoms with Crippen LogP contribution in [-0.2, 0) is 6.42 Å². The van der Waals surface area contributed by atoms with E-state index in [-0.39, 0.29) is 0 Å². The topological polar surface area (TPSA) is 61.0 Å². The first-order valence-corrected chi connectivity index (χ1v) is 4.00. The SMILES string of the molecule is CCOc1cnc(CCN)cn1. The van der Waals surface area contributed by atoms with Crippen molar-refractivity contribution in [3.05, 3.63) is 18.1 Å². The predicted molar refractivity (Wildman–Crippen MR) is 46.0 cm³/mol. The average molecular weight is 167 g/mol. The molecule has 0 bridgehead atoms. The van der Waals surface area contributed by atoms with Gasteiger partial charge in [-0.1, -0.05) is 0 Å². The molecule has 0 unspecified atom stereocenters. The van der Waals surface area contributed by atoms with Crippen LogP contribution in [0.15, 0.2) is 12.4 Å². The van der Waals surface area contributed by atoms with Crippen LogP contribution in [0.3, 0.4) is 0 Å². The van der Waals surface area contributed by atoms with Gasteiger partial charge in [-0.3, -0.25) is 4.98 Å². The van der Waals surface area contributed by atoms with Gasteiger partial charge in [-0.2, -0.15) is 0 Å². The summed E-state index contributed by atoms with van der Waals surface area (Å²) in [6.45, 7) is 3.13. The molecule has 0 aliphatic heterocycles. The van der Waals surface area contributed by atoms with Gasteiger partial charge in [-0.25, -0.2) is 4.98 Å². The van der Waals surface area contributed by atoms with E-state index in [0.717, 1.165) is 12.1 Å². The summed E-state index contributed by atoms with van der Waals surface area (Å²) in [4.78, 5) is 8.17. The first-order chi connectivity index (χ1) is 5.86. The monoisotopic (exact) mass is 167 g/mol. The predicted octanol–water partition coefficient (Wildman–Crippen LogP) is 0.376. The Hall–Kier alpha value is -1.16. The number of nitrogens with two attached hydrogens (primary N) is 1. The molecule has 0 atom stereocenters. The minimum absolute atomic E-state index is 0.568. The van der Waals surface area contributed by atoms with Crippen LogP contribution in [0.5, 0.6) is 5.88 Å². The van der Waals surface area contributed by atoms with Crippen molar-refractivity contribution in [2.24, 2.45) is 5.73 Å². The van der Waals surface area contributed by atoms with Crippen molar-refractivity contribution < 1.29 is 4.74 Å². The average Bonchev–Trinajstić information content (AvgIpc) is 2.09. The second-order valence-electron chi connectivity index (χ2n) is 2.32. The van der Waals surface area contributed by atoms with E-state index in [2.05, 4.69) is 9.97 Å². The van der Waals surface area contributed by atoms with E-state index in [1.807, 2.05) is 6.92 Å². The minimum Gasteiger partial charge on any atom is -0.477 e. The van der Waals surface area contributed by atoms with Gasteiger partial charge >= 0.3 is 0 Å². The van der Waals surface area contributed by atoms with Crippen LogP contribution in [0.4, 0.5) is 0 Å². The third-order valence-electron chi connectivity index (χ3n) is 1.37. The van der Waals surface area contributed by atoms with Gasteiger partial charge in [0.2, 0.25) is 5.88 Å². The maximum Gasteiger partial charge on any atom is 0.232 e. The molecule has 0 amide bonds. The summed E-state index contributed by atoms with van der Waals surface area (Å²) in [5, 5.41) is 0. The van der Waals surface area contributed by atoms with Gasteiger partial charge in [0, 0.05) is 6.42 Å². The van der Waals surface area contributed by atoms with Crippen LogP contribution in [0, 0.1) is 0 Å². The highest BCUT2D eigenvalue weighted by Crippen LogP contribution is 2.03. The highest BCUT2D eigenvalue weighted by Gasteiger charge is 1.95. The zero-order valence-corrected chi connectivity index (χ0v) is 7.16. The molecule has 0 fully saturated rings. The molecule has 4 heteroatoms. The summed E-state index contributed by atoms with van der Waals surface area (Å²) in [6.07, 6.45) is 4.08. The van der Waals surface area contributed by atoms with Gasteiger partial charge in [0.05, 0.1) is 24.7 Å². The van der Waals surface area contributed by atoms with Gasteiger partial charge in [-0.15, -0.1) is 0 Å². The normalized spacial score (nSPS) is 9.83. The van der Waals surface area contributed by atoms with Gasteiger partial charge in [-0.05, 0) is 13.5 Å². The van der Waals surface area contributed by atoms with E-state index in [1.165, 1.54) is 0 Å². The van der Waals surface area contributed by atoms with Crippen LogP contribution < -0.4 is 10.5 Å². The van der Waals surface area contributed by atoms with E-state index < -0.39 is 0 Å². The Bertz CT molecular complexity index is 197. The number of hydrogen-bond acceptors (Lipinski definition) is 4. The highest BCUT2D eigenvalue weighted by atomic mass is 16.5. The maximum atomic E-state index is 5.36. The lowest BCUT2D eigenvalue weighted by Crippen LogP contribution is -2.05. The van der Waals surface area contributed by atoms with Crippen molar-refractivity contribution in [2.75, 3.05) is 13.2 Å². The lowest BCUT2D eigenvalue weighted by molar-refractivity contribution is 0.325. The third kappa shape index (κ3) is 2.47. The number of hydrogen-bond donors (Lipinski definition) is 1. The second-order valence-corrected chi connectivity index (χ2v) is 2.32. The zero-order chi connectivity index (χ0) is 8.81. The van der Waals surface area contributed by atoms with E-state index in [4.69, 9.17) is 10.5 Å². The van der Waals surface area contributed by atoms with Crippen molar-refractivity contribution in [2.45, 2.75) is 13.3 Å². The second kappa shape index (κ2) is 4.66. The zero-order valence-electron chi connectivity index (χ0n) is 7.16. The Morgan fingerprint density at radius 2 is 2.25 bits per heavy atom. The lowest BCUT2D eigenvalue weighted by atomic mass is 10.3. The maximum absolute atomic E-state index is 5.36. The molecule has 4 nitrogen and oxygen atoms in total. The molecule has 0 aromatic carbocycles. The molecule has 0 saturated heterocycles. The van der Waals surface area contributed by atoms with Gasteiger partial charge in [0.25, 0.3) is 0 Å². The molecule has 0 radical (unpaired) electrons. The summed E-state index contributed by atoms with van der Waals surface area (Å²) in [5.74, 6) is 0.568. The van der Waals surface area contributed by atoms with E-state index in [0.29, 0.717) is 19.0 Å². The molecule has 1 aromatic heterocycles. The number of aromatic nitrogens is 2. The summed E-state index contributed by atoms with van der Waals surface area (Å²) in [7, 11) is 0. The molecular formula is C8H13N3O. The van der Waals surface area contributed by atoms with Crippen LogP contribution in [0.2, 0.25) is 0 Å². The minimum atomic E-state index is 0.568. The Morgan fingerprint density at radius 1 is 1.42 bits per heavy atom. The van der Waals surface area contributed by atoms with Crippen LogP contribution in [0.1, 0.15) is 12.6 Å². The molecule has 0 aliphatic rings. The largest absolute Gasteiger partial charge is 0.477 e. The van der Waals surface area contributed by atoms with E-state index in [1.54, 1.807) is 12.4 Å². The molecule has 2 N–H and O–H groups in total. The fourth-order valence-electron chi connectivity index (χ4n) is 0.842. The Balaban J connectivity index is 2.58. The smallest absolute Gasteiger partial charge is 0.232 e. The van der Waals surface area contributed by atoms with Gasteiger partial charge < -0.3 is 10.5 Å². The van der Waals surface area contributed by atoms with Crippen LogP contribution in [0.25, 0.3) is 0 Å². The third-order valence-corrected chi connectivity index (χ3v) is 1.37. The Labute approximate surface area is 71.8 Å². The van der Waals surface area contributed by atoms with Gasteiger partial charge in [0.15, 0.2) is 0 Å². The Morgan fingerprint density at radius 3 is 2.75 bits per heavy atom. The van der Waals surface area contributed by atoms with Crippen molar-refractivity contribution in [1.82, 2.24) is 9.97 Å². The van der Waals surface area contributed by atoms with Gasteiger partial charge in [0.1, 0.15) is 0 Å². The van der Waals surface area contributed by atoms with E-state index in [9.17, 15) is 0 Å². The number of nitrogens with zero attached hydrogens (tertiary/aromatic N) is 2. The highest BCUT2D eigenvalue weighted by molar-refractivity contribution is 5.07. The summed E-state index contributed by atoms with van der Waals surface area (Å²) >= 11 is 0. The van der Waals surface area contributed by atoms with Crippen LogP contribution in [-0.4, -0.2) is 23.1 Å². The summed E-state index contributed by atoms with van der Waals surface area (Å²) in [6, 6.07) is 0. The number of ether oxygens (including phenoxy) is 1. The molecule has 1 aromatic rings. The summed E-state index contributed by atoms with van der Waals surface area (Å²) in [5.41, 5.74) is 6.26. The molecule has 0 aliphatic carbocycles. The molecule has 0 spiro atoms. The van der Waals surface area contributed by atoms with Crippen molar-refractivity contribution in [3.63, 3.8) is 0 Å². The molecule has 0 saturated carbocycles. The molecule has 12 heavy (non-hydrogen) atoms. The van der Waals surface area contributed by atoms with Crippen LogP contribution >= 0.6 is 0 Å². The summed E-state index contributed by atoms with van der Waals surface area (Å²) < 4.78 is 5.13. The molecular weight excluding hydrogens is 154 g/mol. The molecule has 66 valence electrons. The fourth-order valence-corrected chi connectivity index (χ4v) is 0.842. The number of rotatable bonds is 4. The molecule has 1 heterocycles. The fraction of sp³-hybridized carbons (Fsp3) is 0.500. The first-order valence-electron chi connectivity index (χ1n) is 4.00. The first kappa shape index (κ1) is 8.93. The standard InChI is InChI=1S/C8H13N3O/c1-2-12-8-6-10-7(3-4-9)5-11-8/h5-6H,2-4,9H2,1H3. The van der Waals surface area contributed by atoms with Crippen molar-refractivity contribution in [3.8, 4) is 5.88 Å². The Kier molecular flexibility index (Phi) is 3.47. The van der Waals surface area contributed by atoms with E-state index >= 15 is 0 Å². The van der Waals surface area contributed by atoms with Crippen molar-refractivity contribution in [1.29, 1.82) is 0 Å². The van der Waals surface area contributed by atoms with Crippen molar-refractivity contribution >= 4 is 0 Å². The quantitative estimate of drug-likeness (QED) is 0.704. The molecule has 1 rings (SSSR count). The lowest BCUT2D eigenvalue weighted by Gasteiger charge is -2.01.